The summed E-state index contributed by atoms with van der Waals surface area (Å²) >= 11 is 3.83. The number of aromatic nitrogens is 2. The standard InChI is InChI=1S/C27H29IN4O2S/c1-17(22-5-3-2-4-18(22)15-28)12-19-13-25(35-26(19)27(29)33)32-16-31-23-7-6-21(14-24(23)32)34-20-8-10-30-11-9-20/h2-7,13-14,16-17,20,30H,8-12,15H2,1H3,(H2,29,33). The Bertz CT molecular complexity index is 1340. The van der Waals surface area contributed by atoms with Crippen LogP contribution in [-0.4, -0.2) is 34.7 Å². The fraction of sp³-hybridized carbons (Fsp3) is 0.333. The molecule has 35 heavy (non-hydrogen) atoms. The lowest BCUT2D eigenvalue weighted by molar-refractivity contribution is 0.100. The third-order valence-corrected chi connectivity index (χ3v) is 8.63. The predicted molar refractivity (Wildman–Crippen MR) is 150 cm³/mol. The van der Waals surface area contributed by atoms with E-state index in [1.807, 2.05) is 29.1 Å². The van der Waals surface area contributed by atoms with Gasteiger partial charge >= 0.3 is 0 Å². The maximum absolute atomic E-state index is 12.4. The normalized spacial score (nSPS) is 15.4. The van der Waals surface area contributed by atoms with Gasteiger partial charge in [-0.2, -0.15) is 0 Å². The van der Waals surface area contributed by atoms with Crippen LogP contribution in [0, 0.1) is 0 Å². The molecular formula is C27H29IN4O2S. The van der Waals surface area contributed by atoms with Crippen LogP contribution in [0.5, 0.6) is 5.75 Å². The highest BCUT2D eigenvalue weighted by Crippen LogP contribution is 2.34. The quantitative estimate of drug-likeness (QED) is 0.204. The number of nitrogens with two attached hydrogens (primary N) is 1. The molecule has 0 saturated carbocycles. The minimum absolute atomic E-state index is 0.229. The van der Waals surface area contributed by atoms with Crippen LogP contribution in [0.2, 0.25) is 0 Å². The molecule has 1 aliphatic rings. The number of amides is 1. The van der Waals surface area contributed by atoms with Gasteiger partial charge in [0.25, 0.3) is 5.91 Å². The summed E-state index contributed by atoms with van der Waals surface area (Å²) < 4.78 is 9.26. The van der Waals surface area contributed by atoms with Gasteiger partial charge in [-0.1, -0.05) is 53.8 Å². The molecule has 8 heteroatoms. The zero-order valence-corrected chi connectivity index (χ0v) is 22.6. The van der Waals surface area contributed by atoms with Crippen LogP contribution >= 0.6 is 33.9 Å². The van der Waals surface area contributed by atoms with Gasteiger partial charge in [-0.15, -0.1) is 11.3 Å². The van der Waals surface area contributed by atoms with Crippen molar-refractivity contribution in [3.63, 3.8) is 0 Å². The van der Waals surface area contributed by atoms with Crippen LogP contribution in [0.3, 0.4) is 0 Å². The van der Waals surface area contributed by atoms with Crippen LogP contribution in [0.25, 0.3) is 16.0 Å². The zero-order valence-electron chi connectivity index (χ0n) is 19.7. The van der Waals surface area contributed by atoms with E-state index in [1.165, 1.54) is 22.5 Å². The first-order chi connectivity index (χ1) is 17.0. The number of alkyl halides is 1. The molecule has 1 saturated heterocycles. The topological polar surface area (TPSA) is 82.2 Å². The Kier molecular flexibility index (Phi) is 7.40. The second kappa shape index (κ2) is 10.7. The number of piperidine rings is 1. The minimum atomic E-state index is -0.384. The highest BCUT2D eigenvalue weighted by molar-refractivity contribution is 14.1. The maximum atomic E-state index is 12.4. The number of imidazole rings is 1. The average molecular weight is 601 g/mol. The highest BCUT2D eigenvalue weighted by Gasteiger charge is 2.20. The Morgan fingerprint density at radius 1 is 1.23 bits per heavy atom. The fourth-order valence-electron chi connectivity index (χ4n) is 4.81. The molecule has 1 fully saturated rings. The van der Waals surface area contributed by atoms with Crippen LogP contribution in [0.15, 0.2) is 54.9 Å². The van der Waals surface area contributed by atoms with Crippen molar-refractivity contribution in [3.05, 3.63) is 76.4 Å². The van der Waals surface area contributed by atoms with E-state index < -0.39 is 0 Å². The second-order valence-electron chi connectivity index (χ2n) is 9.07. The molecule has 0 radical (unpaired) electrons. The van der Waals surface area contributed by atoms with Crippen molar-refractivity contribution in [1.29, 1.82) is 0 Å². The molecule has 1 atom stereocenters. The summed E-state index contributed by atoms with van der Waals surface area (Å²) in [6.45, 7) is 4.18. The van der Waals surface area contributed by atoms with E-state index in [0.717, 1.165) is 64.1 Å². The van der Waals surface area contributed by atoms with Gasteiger partial charge in [0.2, 0.25) is 0 Å². The zero-order chi connectivity index (χ0) is 24.4. The monoisotopic (exact) mass is 600 g/mol. The third kappa shape index (κ3) is 5.24. The summed E-state index contributed by atoms with van der Waals surface area (Å²) in [5, 5.41) is 4.31. The van der Waals surface area contributed by atoms with E-state index in [1.54, 1.807) is 0 Å². The molecule has 1 amide bonds. The van der Waals surface area contributed by atoms with E-state index >= 15 is 0 Å². The molecule has 3 N–H and O–H groups in total. The van der Waals surface area contributed by atoms with Crippen molar-refractivity contribution >= 4 is 50.9 Å². The molecule has 0 spiro atoms. The molecule has 5 rings (SSSR count). The molecule has 3 heterocycles. The van der Waals surface area contributed by atoms with Crippen molar-refractivity contribution < 1.29 is 9.53 Å². The van der Waals surface area contributed by atoms with Gasteiger partial charge in [0, 0.05) is 10.5 Å². The van der Waals surface area contributed by atoms with E-state index in [2.05, 4.69) is 70.1 Å². The largest absolute Gasteiger partial charge is 0.490 e. The van der Waals surface area contributed by atoms with Gasteiger partial charge in [0.15, 0.2) is 0 Å². The first-order valence-corrected chi connectivity index (χ1v) is 14.3. The van der Waals surface area contributed by atoms with Gasteiger partial charge in [-0.05, 0) is 73.2 Å². The lowest BCUT2D eigenvalue weighted by Crippen LogP contribution is -2.34. The van der Waals surface area contributed by atoms with Gasteiger partial charge in [0.1, 0.15) is 23.2 Å². The van der Waals surface area contributed by atoms with Crippen molar-refractivity contribution in [1.82, 2.24) is 14.9 Å². The van der Waals surface area contributed by atoms with Crippen molar-refractivity contribution in [2.45, 2.75) is 42.6 Å². The fourth-order valence-corrected chi connectivity index (χ4v) is 6.53. The van der Waals surface area contributed by atoms with Crippen LogP contribution in [0.1, 0.15) is 52.0 Å². The van der Waals surface area contributed by atoms with Crippen molar-refractivity contribution in [2.24, 2.45) is 5.73 Å². The van der Waals surface area contributed by atoms with E-state index in [0.29, 0.717) is 4.88 Å². The highest BCUT2D eigenvalue weighted by atomic mass is 127. The maximum Gasteiger partial charge on any atom is 0.259 e. The SMILES string of the molecule is CC(Cc1cc(-n2cnc3ccc(OC4CCNCC4)cc32)sc1C(N)=O)c1ccccc1CI. The second-order valence-corrected chi connectivity index (χ2v) is 10.9. The molecule has 2 aromatic carbocycles. The number of thiophene rings is 1. The summed E-state index contributed by atoms with van der Waals surface area (Å²) in [5.74, 6) is 0.734. The number of benzene rings is 2. The number of carbonyl (C=O) groups is 1. The number of hydrogen-bond donors (Lipinski definition) is 2. The number of halogens is 1. The Labute approximate surface area is 223 Å². The summed E-state index contributed by atoms with van der Waals surface area (Å²) in [5.41, 5.74) is 11.3. The lowest BCUT2D eigenvalue weighted by Gasteiger charge is -2.23. The van der Waals surface area contributed by atoms with E-state index in [4.69, 9.17) is 10.5 Å². The van der Waals surface area contributed by atoms with Crippen molar-refractivity contribution in [3.8, 4) is 10.8 Å². The Morgan fingerprint density at radius 3 is 2.80 bits per heavy atom. The average Bonchev–Trinajstić information content (AvgIpc) is 3.48. The summed E-state index contributed by atoms with van der Waals surface area (Å²) in [4.78, 5) is 17.6. The van der Waals surface area contributed by atoms with Gasteiger partial charge < -0.3 is 15.8 Å². The van der Waals surface area contributed by atoms with E-state index in [-0.39, 0.29) is 17.9 Å². The summed E-state index contributed by atoms with van der Waals surface area (Å²) in [6, 6.07) is 16.6. The molecule has 182 valence electrons. The van der Waals surface area contributed by atoms with Crippen LogP contribution in [-0.2, 0) is 10.8 Å². The number of ether oxygens (including phenoxy) is 1. The smallest absolute Gasteiger partial charge is 0.259 e. The number of primary amides is 1. The molecule has 1 aliphatic heterocycles. The summed E-state index contributed by atoms with van der Waals surface area (Å²) in [7, 11) is 0. The molecule has 4 aromatic rings. The number of hydrogen-bond acceptors (Lipinski definition) is 5. The van der Waals surface area contributed by atoms with Crippen LogP contribution in [0.4, 0.5) is 0 Å². The minimum Gasteiger partial charge on any atom is -0.490 e. The molecule has 1 unspecified atom stereocenters. The molecule has 0 aliphatic carbocycles. The molecule has 6 nitrogen and oxygen atoms in total. The lowest BCUT2D eigenvalue weighted by atomic mass is 9.91. The van der Waals surface area contributed by atoms with Gasteiger partial charge in [-0.25, -0.2) is 4.98 Å². The summed E-state index contributed by atoms with van der Waals surface area (Å²) in [6.07, 6.45) is 4.80. The predicted octanol–water partition coefficient (Wildman–Crippen LogP) is 5.60. The van der Waals surface area contributed by atoms with Crippen molar-refractivity contribution in [2.75, 3.05) is 13.1 Å². The Hall–Kier alpha value is -2.43. The van der Waals surface area contributed by atoms with Gasteiger partial charge in [0.05, 0.1) is 15.9 Å². The molecule has 0 bridgehead atoms. The third-order valence-electron chi connectivity index (χ3n) is 6.62. The first-order valence-electron chi connectivity index (χ1n) is 11.9. The van der Waals surface area contributed by atoms with Crippen LogP contribution < -0.4 is 15.8 Å². The number of nitrogens with zero attached hydrogens (tertiary/aromatic N) is 2. The van der Waals surface area contributed by atoms with Gasteiger partial charge in [-0.3, -0.25) is 9.36 Å². The number of fused-ring (bicyclic) bond motifs is 1. The first kappa shape index (κ1) is 24.3. The van der Waals surface area contributed by atoms with E-state index in [9.17, 15) is 4.79 Å². The number of carbonyl (C=O) groups excluding carboxylic acids is 1. The Balaban J connectivity index is 1.46. The number of rotatable bonds is 8. The molecular weight excluding hydrogens is 571 g/mol. The number of nitrogens with one attached hydrogen (secondary N) is 1. The Morgan fingerprint density at radius 2 is 2.03 bits per heavy atom. The molecule has 2 aromatic heterocycles.